The molecule has 0 saturated heterocycles. The first-order valence-corrected chi connectivity index (χ1v) is 8.32. The lowest BCUT2D eigenvalue weighted by Gasteiger charge is -2.07. The number of benzene rings is 1. The van der Waals surface area contributed by atoms with E-state index in [9.17, 15) is 4.79 Å². The Hall–Kier alpha value is -1.98. The van der Waals surface area contributed by atoms with Crippen LogP contribution in [-0.2, 0) is 0 Å². The van der Waals surface area contributed by atoms with Gasteiger partial charge in [-0.2, -0.15) is 11.3 Å². The molecular formula is C16H14N2OS2. The first-order valence-electron chi connectivity index (χ1n) is 6.50. The molecular weight excluding hydrogens is 300 g/mol. The second-order valence-corrected chi connectivity index (χ2v) is 6.46. The quantitative estimate of drug-likeness (QED) is 0.758. The molecule has 0 bridgehead atoms. The maximum absolute atomic E-state index is 12.3. The van der Waals surface area contributed by atoms with Crippen molar-refractivity contribution in [3.05, 3.63) is 57.2 Å². The first-order chi connectivity index (χ1) is 10.1. The SMILES string of the molecule is Cc1ccc(C)c(NC(=O)c2csc(-c3ccsc3)n2)c1. The Balaban J connectivity index is 1.81. The zero-order valence-corrected chi connectivity index (χ0v) is 13.3. The molecule has 0 fully saturated rings. The molecule has 1 amide bonds. The van der Waals surface area contributed by atoms with Gasteiger partial charge >= 0.3 is 0 Å². The van der Waals surface area contributed by atoms with Crippen molar-refractivity contribution in [3.63, 3.8) is 0 Å². The van der Waals surface area contributed by atoms with Crippen molar-refractivity contribution in [1.82, 2.24) is 4.98 Å². The molecule has 3 nitrogen and oxygen atoms in total. The zero-order valence-electron chi connectivity index (χ0n) is 11.7. The molecule has 3 aromatic rings. The Morgan fingerprint density at radius 2 is 2.05 bits per heavy atom. The van der Waals surface area contributed by atoms with Crippen LogP contribution in [0.15, 0.2) is 40.4 Å². The van der Waals surface area contributed by atoms with Crippen molar-refractivity contribution in [2.45, 2.75) is 13.8 Å². The number of thiazole rings is 1. The number of hydrogen-bond donors (Lipinski definition) is 1. The molecule has 3 rings (SSSR count). The van der Waals surface area contributed by atoms with E-state index in [0.29, 0.717) is 5.69 Å². The molecule has 0 aliphatic rings. The number of amides is 1. The molecule has 0 unspecified atom stereocenters. The lowest BCUT2D eigenvalue weighted by Crippen LogP contribution is -2.13. The van der Waals surface area contributed by atoms with Crippen molar-refractivity contribution in [3.8, 4) is 10.6 Å². The summed E-state index contributed by atoms with van der Waals surface area (Å²) in [7, 11) is 0. The smallest absolute Gasteiger partial charge is 0.275 e. The molecule has 2 heterocycles. The number of anilines is 1. The van der Waals surface area contributed by atoms with Gasteiger partial charge in [-0.1, -0.05) is 12.1 Å². The van der Waals surface area contributed by atoms with E-state index in [1.54, 1.807) is 16.7 Å². The summed E-state index contributed by atoms with van der Waals surface area (Å²) in [4.78, 5) is 16.7. The highest BCUT2D eigenvalue weighted by Gasteiger charge is 2.13. The largest absolute Gasteiger partial charge is 0.320 e. The average molecular weight is 314 g/mol. The highest BCUT2D eigenvalue weighted by Crippen LogP contribution is 2.26. The fourth-order valence-electron chi connectivity index (χ4n) is 1.95. The van der Waals surface area contributed by atoms with Crippen LogP contribution in [0.4, 0.5) is 5.69 Å². The summed E-state index contributed by atoms with van der Waals surface area (Å²) in [5.41, 5.74) is 4.53. The highest BCUT2D eigenvalue weighted by atomic mass is 32.1. The van der Waals surface area contributed by atoms with Crippen molar-refractivity contribution in [1.29, 1.82) is 0 Å². The Bertz CT molecular complexity index is 775. The van der Waals surface area contributed by atoms with Crippen LogP contribution >= 0.6 is 22.7 Å². The van der Waals surface area contributed by atoms with Crippen LogP contribution < -0.4 is 5.32 Å². The topological polar surface area (TPSA) is 42.0 Å². The summed E-state index contributed by atoms with van der Waals surface area (Å²) in [5, 5.41) is 9.65. The van der Waals surface area contributed by atoms with Gasteiger partial charge in [-0.25, -0.2) is 4.98 Å². The van der Waals surface area contributed by atoms with Crippen LogP contribution in [0.25, 0.3) is 10.6 Å². The maximum atomic E-state index is 12.3. The lowest BCUT2D eigenvalue weighted by atomic mass is 10.1. The van der Waals surface area contributed by atoms with Gasteiger partial charge in [-0.05, 0) is 42.5 Å². The van der Waals surface area contributed by atoms with Crippen molar-refractivity contribution >= 4 is 34.3 Å². The number of hydrogen-bond acceptors (Lipinski definition) is 4. The van der Waals surface area contributed by atoms with Crippen LogP contribution in [0, 0.1) is 13.8 Å². The molecule has 0 aliphatic heterocycles. The van der Waals surface area contributed by atoms with Crippen LogP contribution in [0.1, 0.15) is 21.6 Å². The molecule has 2 aromatic heterocycles. The Kier molecular flexibility index (Phi) is 3.86. The Morgan fingerprint density at radius 3 is 2.81 bits per heavy atom. The van der Waals surface area contributed by atoms with Crippen LogP contribution in [0.5, 0.6) is 0 Å². The van der Waals surface area contributed by atoms with Crippen molar-refractivity contribution in [2.75, 3.05) is 5.32 Å². The fraction of sp³-hybridized carbons (Fsp3) is 0.125. The van der Waals surface area contributed by atoms with E-state index in [2.05, 4.69) is 10.3 Å². The minimum absolute atomic E-state index is 0.165. The number of rotatable bonds is 3. The number of thiophene rings is 1. The van der Waals surface area contributed by atoms with Crippen LogP contribution in [0.2, 0.25) is 0 Å². The molecule has 1 aromatic carbocycles. The zero-order chi connectivity index (χ0) is 14.8. The molecule has 106 valence electrons. The summed E-state index contributed by atoms with van der Waals surface area (Å²) >= 11 is 3.11. The third-order valence-corrected chi connectivity index (χ3v) is 4.72. The van der Waals surface area contributed by atoms with Crippen molar-refractivity contribution < 1.29 is 4.79 Å². The van der Waals surface area contributed by atoms with Gasteiger partial charge in [0.2, 0.25) is 0 Å². The van der Waals surface area contributed by atoms with E-state index in [-0.39, 0.29) is 5.91 Å². The van der Waals surface area contributed by atoms with Crippen molar-refractivity contribution in [2.24, 2.45) is 0 Å². The molecule has 0 spiro atoms. The van der Waals surface area contributed by atoms with Gasteiger partial charge in [0.25, 0.3) is 5.91 Å². The fourth-order valence-corrected chi connectivity index (χ4v) is 3.47. The lowest BCUT2D eigenvalue weighted by molar-refractivity contribution is 0.102. The van der Waals surface area contributed by atoms with Gasteiger partial charge in [0, 0.05) is 22.0 Å². The third-order valence-electron chi connectivity index (χ3n) is 3.15. The molecule has 5 heteroatoms. The number of nitrogens with zero attached hydrogens (tertiary/aromatic N) is 1. The number of nitrogens with one attached hydrogen (secondary N) is 1. The molecule has 1 N–H and O–H groups in total. The number of aryl methyl sites for hydroxylation is 2. The van der Waals surface area contributed by atoms with E-state index >= 15 is 0 Å². The van der Waals surface area contributed by atoms with Gasteiger partial charge in [-0.15, -0.1) is 11.3 Å². The summed E-state index contributed by atoms with van der Waals surface area (Å²) in [6.45, 7) is 3.99. The maximum Gasteiger partial charge on any atom is 0.275 e. The van der Waals surface area contributed by atoms with E-state index in [1.807, 2.05) is 48.9 Å². The molecule has 0 aliphatic carbocycles. The minimum Gasteiger partial charge on any atom is -0.320 e. The van der Waals surface area contributed by atoms with E-state index in [0.717, 1.165) is 27.4 Å². The van der Waals surface area contributed by atoms with E-state index in [4.69, 9.17) is 0 Å². The van der Waals surface area contributed by atoms with Crippen LogP contribution in [0.3, 0.4) is 0 Å². The molecule has 0 radical (unpaired) electrons. The molecule has 0 atom stereocenters. The van der Waals surface area contributed by atoms with E-state index < -0.39 is 0 Å². The summed E-state index contributed by atoms with van der Waals surface area (Å²) in [6.07, 6.45) is 0. The second kappa shape index (κ2) is 5.79. The minimum atomic E-state index is -0.165. The number of aromatic nitrogens is 1. The molecule has 0 saturated carbocycles. The normalized spacial score (nSPS) is 10.6. The average Bonchev–Trinajstić information content (AvgIpc) is 3.12. The standard InChI is InChI=1S/C16H14N2OS2/c1-10-3-4-11(2)13(7-10)17-15(19)14-9-21-16(18-14)12-5-6-20-8-12/h3-9H,1-2H3,(H,17,19). The Morgan fingerprint density at radius 1 is 1.19 bits per heavy atom. The predicted molar refractivity (Wildman–Crippen MR) is 89.3 cm³/mol. The monoisotopic (exact) mass is 314 g/mol. The number of carbonyl (C=O) groups is 1. The predicted octanol–water partition coefficient (Wildman–Crippen LogP) is 4.74. The van der Waals surface area contributed by atoms with Crippen LogP contribution in [-0.4, -0.2) is 10.9 Å². The second-order valence-electron chi connectivity index (χ2n) is 4.82. The summed E-state index contributed by atoms with van der Waals surface area (Å²) < 4.78 is 0. The van der Waals surface area contributed by atoms with Gasteiger partial charge < -0.3 is 5.32 Å². The summed E-state index contributed by atoms with van der Waals surface area (Å²) in [6, 6.07) is 8.01. The molecule has 21 heavy (non-hydrogen) atoms. The van der Waals surface area contributed by atoms with Gasteiger partial charge in [0.1, 0.15) is 10.7 Å². The Labute approximate surface area is 131 Å². The van der Waals surface area contributed by atoms with Gasteiger partial charge in [0.05, 0.1) is 0 Å². The van der Waals surface area contributed by atoms with E-state index in [1.165, 1.54) is 11.3 Å². The third kappa shape index (κ3) is 3.04. The van der Waals surface area contributed by atoms with Gasteiger partial charge in [-0.3, -0.25) is 4.79 Å². The highest BCUT2D eigenvalue weighted by molar-refractivity contribution is 7.14. The first kappa shape index (κ1) is 14.0. The summed E-state index contributed by atoms with van der Waals surface area (Å²) in [5.74, 6) is -0.165. The van der Waals surface area contributed by atoms with Gasteiger partial charge in [0.15, 0.2) is 0 Å². The number of carbonyl (C=O) groups excluding carboxylic acids is 1.